The Kier molecular flexibility index (Phi) is 4.90. The van der Waals surface area contributed by atoms with Crippen LogP contribution in [0, 0.1) is 0 Å². The number of hydrogen-bond acceptors (Lipinski definition) is 2. The number of esters is 1. The Bertz CT molecular complexity index is 133. The molecule has 0 rings (SSSR count). The van der Waals surface area contributed by atoms with Gasteiger partial charge in [0.1, 0.15) is 0 Å². The van der Waals surface area contributed by atoms with E-state index >= 15 is 0 Å². The fourth-order valence-corrected chi connectivity index (χ4v) is 1.17. The largest absolute Gasteiger partial charge is 0.415 e. The lowest BCUT2D eigenvalue weighted by Crippen LogP contribution is -2.49. The summed E-state index contributed by atoms with van der Waals surface area (Å²) in [5.74, 6) is -0.187. The SMILES string of the molecule is CC[N+](CC)(CC)COC(C)=O. The summed E-state index contributed by atoms with van der Waals surface area (Å²) in [4.78, 5) is 10.6. The van der Waals surface area contributed by atoms with Crippen molar-refractivity contribution in [1.29, 1.82) is 0 Å². The molecule has 0 amide bonds. The van der Waals surface area contributed by atoms with Crippen LogP contribution in [0.2, 0.25) is 0 Å². The minimum absolute atomic E-state index is 0.187. The Morgan fingerprint density at radius 1 is 1.17 bits per heavy atom. The first-order chi connectivity index (χ1) is 5.60. The molecule has 3 heteroatoms. The second kappa shape index (κ2) is 5.14. The summed E-state index contributed by atoms with van der Waals surface area (Å²) in [5, 5.41) is 0. The minimum Gasteiger partial charge on any atom is -0.415 e. The summed E-state index contributed by atoms with van der Waals surface area (Å²) < 4.78 is 5.87. The molecule has 0 N–H and O–H groups in total. The first-order valence-electron chi connectivity index (χ1n) is 4.58. The zero-order valence-electron chi connectivity index (χ0n) is 8.59. The highest BCUT2D eigenvalue weighted by atomic mass is 16.5. The van der Waals surface area contributed by atoms with Crippen molar-refractivity contribution in [2.75, 3.05) is 26.4 Å². The summed E-state index contributed by atoms with van der Waals surface area (Å²) >= 11 is 0. The van der Waals surface area contributed by atoms with E-state index in [-0.39, 0.29) is 5.97 Å². The molecule has 0 aromatic carbocycles. The zero-order valence-corrected chi connectivity index (χ0v) is 8.59. The van der Waals surface area contributed by atoms with Gasteiger partial charge in [0, 0.05) is 6.92 Å². The predicted octanol–water partition coefficient (Wildman–Crippen LogP) is 1.38. The summed E-state index contributed by atoms with van der Waals surface area (Å²) in [6, 6.07) is 0. The van der Waals surface area contributed by atoms with E-state index in [1.807, 2.05) is 0 Å². The first kappa shape index (κ1) is 11.4. The Morgan fingerprint density at radius 3 is 1.83 bits per heavy atom. The molecule has 0 aromatic rings. The van der Waals surface area contributed by atoms with E-state index in [4.69, 9.17) is 4.74 Å². The third kappa shape index (κ3) is 3.22. The van der Waals surface area contributed by atoms with Gasteiger partial charge in [-0.2, -0.15) is 0 Å². The highest BCUT2D eigenvalue weighted by molar-refractivity contribution is 5.65. The van der Waals surface area contributed by atoms with Gasteiger partial charge in [0.05, 0.1) is 19.6 Å². The van der Waals surface area contributed by atoms with E-state index in [9.17, 15) is 4.79 Å². The Hall–Kier alpha value is -0.570. The van der Waals surface area contributed by atoms with Crippen molar-refractivity contribution >= 4 is 5.97 Å². The molecule has 0 bridgehead atoms. The van der Waals surface area contributed by atoms with Gasteiger partial charge in [0.2, 0.25) is 6.73 Å². The maximum atomic E-state index is 10.6. The van der Waals surface area contributed by atoms with Gasteiger partial charge in [0.25, 0.3) is 0 Å². The van der Waals surface area contributed by atoms with Crippen LogP contribution in [0.1, 0.15) is 27.7 Å². The first-order valence-corrected chi connectivity index (χ1v) is 4.58. The summed E-state index contributed by atoms with van der Waals surface area (Å²) in [6.07, 6.45) is 0. The van der Waals surface area contributed by atoms with Crippen molar-refractivity contribution in [2.24, 2.45) is 0 Å². The van der Waals surface area contributed by atoms with Gasteiger partial charge in [-0.25, -0.2) is 0 Å². The van der Waals surface area contributed by atoms with Crippen LogP contribution < -0.4 is 0 Å². The fourth-order valence-electron chi connectivity index (χ4n) is 1.17. The molecule has 0 saturated heterocycles. The van der Waals surface area contributed by atoms with Crippen LogP contribution in [-0.4, -0.2) is 36.8 Å². The van der Waals surface area contributed by atoms with Gasteiger partial charge in [-0.3, -0.25) is 9.28 Å². The molecule has 0 atom stereocenters. The monoisotopic (exact) mass is 174 g/mol. The minimum atomic E-state index is -0.187. The fraction of sp³-hybridized carbons (Fsp3) is 0.889. The molecular weight excluding hydrogens is 154 g/mol. The van der Waals surface area contributed by atoms with E-state index in [1.54, 1.807) is 0 Å². The van der Waals surface area contributed by atoms with Crippen LogP contribution >= 0.6 is 0 Å². The molecule has 12 heavy (non-hydrogen) atoms. The van der Waals surface area contributed by atoms with Crippen LogP contribution in [-0.2, 0) is 9.53 Å². The van der Waals surface area contributed by atoms with Crippen molar-refractivity contribution in [3.05, 3.63) is 0 Å². The normalized spacial score (nSPS) is 11.3. The van der Waals surface area contributed by atoms with Gasteiger partial charge in [-0.15, -0.1) is 0 Å². The maximum Gasteiger partial charge on any atom is 0.306 e. The molecular formula is C9H20NO2+. The van der Waals surface area contributed by atoms with E-state index in [0.29, 0.717) is 6.73 Å². The lowest BCUT2D eigenvalue weighted by atomic mass is 10.4. The molecule has 0 spiro atoms. The number of carbonyl (C=O) groups is 1. The standard InChI is InChI=1S/C9H20NO2/c1-5-10(6-2,7-3)8-12-9(4)11/h5-8H2,1-4H3/q+1. The predicted molar refractivity (Wildman–Crippen MR) is 48.5 cm³/mol. The summed E-state index contributed by atoms with van der Waals surface area (Å²) in [5.41, 5.74) is 0. The van der Waals surface area contributed by atoms with Gasteiger partial charge in [0.15, 0.2) is 0 Å². The van der Waals surface area contributed by atoms with Gasteiger partial charge in [-0.05, 0) is 20.8 Å². The van der Waals surface area contributed by atoms with Crippen molar-refractivity contribution in [3.63, 3.8) is 0 Å². The second-order valence-electron chi connectivity index (χ2n) is 3.06. The van der Waals surface area contributed by atoms with Gasteiger partial charge in [-0.1, -0.05) is 0 Å². The smallest absolute Gasteiger partial charge is 0.306 e. The zero-order chi connectivity index (χ0) is 9.61. The van der Waals surface area contributed by atoms with Crippen LogP contribution in [0.4, 0.5) is 0 Å². The molecule has 0 radical (unpaired) electrons. The Balaban J connectivity index is 4.01. The van der Waals surface area contributed by atoms with Gasteiger partial charge < -0.3 is 4.74 Å². The number of hydrogen-bond donors (Lipinski definition) is 0. The molecule has 72 valence electrons. The van der Waals surface area contributed by atoms with Crippen LogP contribution in [0.15, 0.2) is 0 Å². The number of quaternary nitrogens is 1. The maximum absolute atomic E-state index is 10.6. The Labute approximate surface area is 74.9 Å². The van der Waals surface area contributed by atoms with Crippen molar-refractivity contribution < 1.29 is 14.0 Å². The lowest BCUT2D eigenvalue weighted by molar-refractivity contribution is -0.938. The topological polar surface area (TPSA) is 26.3 Å². The molecule has 0 aliphatic carbocycles. The average Bonchev–Trinajstić information content (AvgIpc) is 2.08. The van der Waals surface area contributed by atoms with E-state index in [2.05, 4.69) is 20.8 Å². The van der Waals surface area contributed by atoms with E-state index in [1.165, 1.54) is 6.92 Å². The molecule has 0 unspecified atom stereocenters. The number of rotatable bonds is 5. The highest BCUT2D eigenvalue weighted by Crippen LogP contribution is 2.05. The highest BCUT2D eigenvalue weighted by Gasteiger charge is 2.21. The average molecular weight is 174 g/mol. The second-order valence-corrected chi connectivity index (χ2v) is 3.06. The van der Waals surface area contributed by atoms with Crippen molar-refractivity contribution in [2.45, 2.75) is 27.7 Å². The third-order valence-electron chi connectivity index (χ3n) is 2.55. The number of ether oxygens (including phenoxy) is 1. The van der Waals surface area contributed by atoms with E-state index < -0.39 is 0 Å². The van der Waals surface area contributed by atoms with Crippen LogP contribution in [0.5, 0.6) is 0 Å². The third-order valence-corrected chi connectivity index (χ3v) is 2.55. The molecule has 0 fully saturated rings. The quantitative estimate of drug-likeness (QED) is 0.357. The van der Waals surface area contributed by atoms with Crippen molar-refractivity contribution in [3.8, 4) is 0 Å². The molecule has 3 nitrogen and oxygen atoms in total. The molecule has 0 aromatic heterocycles. The van der Waals surface area contributed by atoms with Gasteiger partial charge >= 0.3 is 5.97 Å². The van der Waals surface area contributed by atoms with Crippen LogP contribution in [0.3, 0.4) is 0 Å². The summed E-state index contributed by atoms with van der Waals surface area (Å²) in [6.45, 7) is 11.4. The molecule has 0 saturated carbocycles. The molecule has 0 aliphatic heterocycles. The van der Waals surface area contributed by atoms with Crippen molar-refractivity contribution in [1.82, 2.24) is 0 Å². The van der Waals surface area contributed by atoms with Crippen LogP contribution in [0.25, 0.3) is 0 Å². The number of carbonyl (C=O) groups excluding carboxylic acids is 1. The Morgan fingerprint density at radius 2 is 1.58 bits per heavy atom. The van der Waals surface area contributed by atoms with E-state index in [0.717, 1.165) is 24.1 Å². The summed E-state index contributed by atoms with van der Waals surface area (Å²) in [7, 11) is 0. The number of nitrogens with zero attached hydrogens (tertiary/aromatic N) is 1. The molecule has 0 aliphatic rings. The molecule has 0 heterocycles. The lowest BCUT2D eigenvalue weighted by Gasteiger charge is -2.34.